The molecule has 1 atom stereocenters. The minimum Gasteiger partial charge on any atom is -0.480 e. The van der Waals surface area contributed by atoms with Gasteiger partial charge in [0, 0.05) is 10.9 Å². The quantitative estimate of drug-likeness (QED) is 0.861. The highest BCUT2D eigenvalue weighted by Gasteiger charge is 2.21. The van der Waals surface area contributed by atoms with Crippen LogP contribution in [-0.2, 0) is 11.3 Å². The van der Waals surface area contributed by atoms with Crippen LogP contribution in [0, 0.1) is 0 Å². The van der Waals surface area contributed by atoms with Crippen LogP contribution < -0.4 is 5.32 Å². The Balaban J connectivity index is 2.67. The number of amides is 2. The van der Waals surface area contributed by atoms with Gasteiger partial charge in [0.15, 0.2) is 0 Å². The number of carbonyl (C=O) groups is 2. The molecule has 0 unspecified atom stereocenters. The minimum atomic E-state index is -1.04. The van der Waals surface area contributed by atoms with E-state index >= 15 is 0 Å². The molecule has 0 aliphatic heterocycles. The van der Waals surface area contributed by atoms with Crippen molar-refractivity contribution in [2.45, 2.75) is 39.4 Å². The molecule has 0 bridgehead atoms. The van der Waals surface area contributed by atoms with Gasteiger partial charge in [-0.15, -0.1) is 11.3 Å². The van der Waals surface area contributed by atoms with Crippen LogP contribution in [0.5, 0.6) is 0 Å². The molecule has 1 heterocycles. The summed E-state index contributed by atoms with van der Waals surface area (Å²) in [5.41, 5.74) is 0. The van der Waals surface area contributed by atoms with Crippen LogP contribution in [0.25, 0.3) is 0 Å². The van der Waals surface area contributed by atoms with Crippen molar-refractivity contribution in [3.8, 4) is 0 Å². The van der Waals surface area contributed by atoms with E-state index in [0.717, 1.165) is 4.88 Å². The van der Waals surface area contributed by atoms with E-state index in [0.29, 0.717) is 6.54 Å². The lowest BCUT2D eigenvalue weighted by molar-refractivity contribution is -0.138. The molecule has 2 amide bonds. The maximum Gasteiger partial charge on any atom is 0.325 e. The molecular weight excluding hydrogens is 252 g/mol. The highest BCUT2D eigenvalue weighted by atomic mass is 32.1. The normalized spacial score (nSPS) is 12.2. The van der Waals surface area contributed by atoms with Gasteiger partial charge in [-0.25, -0.2) is 4.79 Å². The van der Waals surface area contributed by atoms with Crippen LogP contribution >= 0.6 is 11.3 Å². The molecule has 100 valence electrons. The molecule has 0 saturated heterocycles. The lowest BCUT2D eigenvalue weighted by Gasteiger charge is -2.27. The zero-order chi connectivity index (χ0) is 13.7. The van der Waals surface area contributed by atoms with E-state index in [1.165, 1.54) is 6.92 Å². The molecule has 6 heteroatoms. The van der Waals surface area contributed by atoms with Crippen LogP contribution in [0.3, 0.4) is 0 Å². The second kappa shape index (κ2) is 6.39. The summed E-state index contributed by atoms with van der Waals surface area (Å²) in [6, 6.07) is 2.65. The maximum atomic E-state index is 12.0. The van der Waals surface area contributed by atoms with E-state index in [1.54, 1.807) is 16.2 Å². The fourth-order valence-corrected chi connectivity index (χ4v) is 2.09. The topological polar surface area (TPSA) is 69.6 Å². The third kappa shape index (κ3) is 4.03. The molecule has 1 rings (SSSR count). The summed E-state index contributed by atoms with van der Waals surface area (Å²) < 4.78 is 0. The first-order chi connectivity index (χ1) is 8.41. The largest absolute Gasteiger partial charge is 0.480 e. The van der Waals surface area contributed by atoms with Crippen molar-refractivity contribution in [2.75, 3.05) is 0 Å². The van der Waals surface area contributed by atoms with E-state index in [4.69, 9.17) is 5.11 Å². The standard InChI is InChI=1S/C12H18N2O3S/c1-8(2)14(7-10-5-4-6-18-10)12(17)13-9(3)11(15)16/h4-6,8-9H,7H2,1-3H3,(H,13,17)(H,15,16)/t9-/m1/s1. The number of nitrogens with one attached hydrogen (secondary N) is 1. The van der Waals surface area contributed by atoms with Crippen LogP contribution in [-0.4, -0.2) is 34.1 Å². The molecule has 0 spiro atoms. The van der Waals surface area contributed by atoms with Crippen molar-refractivity contribution in [2.24, 2.45) is 0 Å². The molecule has 0 aliphatic rings. The van der Waals surface area contributed by atoms with Crippen molar-refractivity contribution in [3.63, 3.8) is 0 Å². The first kappa shape index (κ1) is 14.5. The Bertz CT molecular complexity index is 403. The number of carbonyl (C=O) groups excluding carboxylic acids is 1. The number of thiophene rings is 1. The summed E-state index contributed by atoms with van der Waals surface area (Å²) in [5.74, 6) is -1.04. The summed E-state index contributed by atoms with van der Waals surface area (Å²) in [6.45, 7) is 5.74. The molecule has 0 aliphatic carbocycles. The summed E-state index contributed by atoms with van der Waals surface area (Å²) in [6.07, 6.45) is 0. The summed E-state index contributed by atoms with van der Waals surface area (Å²) in [4.78, 5) is 25.4. The highest BCUT2D eigenvalue weighted by Crippen LogP contribution is 2.14. The van der Waals surface area contributed by atoms with Gasteiger partial charge in [-0.1, -0.05) is 6.07 Å². The van der Waals surface area contributed by atoms with Gasteiger partial charge in [0.25, 0.3) is 0 Å². The van der Waals surface area contributed by atoms with Crippen molar-refractivity contribution in [3.05, 3.63) is 22.4 Å². The van der Waals surface area contributed by atoms with Gasteiger partial charge in [0.1, 0.15) is 6.04 Å². The third-order valence-electron chi connectivity index (χ3n) is 2.50. The molecule has 0 radical (unpaired) electrons. The molecule has 5 nitrogen and oxygen atoms in total. The Morgan fingerprint density at radius 3 is 2.56 bits per heavy atom. The van der Waals surface area contributed by atoms with Crippen LogP contribution in [0.2, 0.25) is 0 Å². The number of carboxylic acid groups (broad SMARTS) is 1. The lowest BCUT2D eigenvalue weighted by atomic mass is 10.3. The van der Waals surface area contributed by atoms with Gasteiger partial charge in [-0.3, -0.25) is 4.79 Å². The minimum absolute atomic E-state index is 0.00750. The molecule has 18 heavy (non-hydrogen) atoms. The van der Waals surface area contributed by atoms with Gasteiger partial charge in [0.05, 0.1) is 6.54 Å². The Hall–Kier alpha value is -1.56. The Labute approximate surface area is 110 Å². The second-order valence-corrected chi connectivity index (χ2v) is 5.34. The Morgan fingerprint density at radius 1 is 1.44 bits per heavy atom. The van der Waals surface area contributed by atoms with E-state index in [-0.39, 0.29) is 12.1 Å². The zero-order valence-corrected chi connectivity index (χ0v) is 11.5. The van der Waals surface area contributed by atoms with E-state index in [2.05, 4.69) is 5.32 Å². The van der Waals surface area contributed by atoms with E-state index in [1.807, 2.05) is 31.4 Å². The van der Waals surface area contributed by atoms with Crippen molar-refractivity contribution < 1.29 is 14.7 Å². The van der Waals surface area contributed by atoms with Crippen LogP contribution in [0.1, 0.15) is 25.6 Å². The molecule has 1 aromatic heterocycles. The molecule has 0 fully saturated rings. The highest BCUT2D eigenvalue weighted by molar-refractivity contribution is 7.09. The van der Waals surface area contributed by atoms with E-state index in [9.17, 15) is 9.59 Å². The molecule has 0 saturated carbocycles. The summed E-state index contributed by atoms with van der Waals surface area (Å²) in [7, 11) is 0. The summed E-state index contributed by atoms with van der Waals surface area (Å²) in [5, 5.41) is 13.2. The monoisotopic (exact) mass is 270 g/mol. The summed E-state index contributed by atoms with van der Waals surface area (Å²) >= 11 is 1.57. The lowest BCUT2D eigenvalue weighted by Crippen LogP contribution is -2.48. The number of nitrogens with zero attached hydrogens (tertiary/aromatic N) is 1. The van der Waals surface area contributed by atoms with Crippen molar-refractivity contribution in [1.29, 1.82) is 0 Å². The predicted molar refractivity (Wildman–Crippen MR) is 70.6 cm³/mol. The van der Waals surface area contributed by atoms with Gasteiger partial charge >= 0.3 is 12.0 Å². The van der Waals surface area contributed by atoms with Crippen LogP contribution in [0.15, 0.2) is 17.5 Å². The Morgan fingerprint density at radius 2 is 2.11 bits per heavy atom. The number of urea groups is 1. The Kier molecular flexibility index (Phi) is 5.15. The number of rotatable bonds is 5. The number of aliphatic carboxylic acids is 1. The van der Waals surface area contributed by atoms with Crippen molar-refractivity contribution >= 4 is 23.3 Å². The van der Waals surface area contributed by atoms with Gasteiger partial charge in [-0.05, 0) is 32.2 Å². The molecular formula is C12H18N2O3S. The second-order valence-electron chi connectivity index (χ2n) is 4.31. The molecule has 2 N–H and O–H groups in total. The van der Waals surface area contributed by atoms with Crippen LogP contribution in [0.4, 0.5) is 4.79 Å². The van der Waals surface area contributed by atoms with Gasteiger partial charge < -0.3 is 15.3 Å². The van der Waals surface area contributed by atoms with Crippen molar-refractivity contribution in [1.82, 2.24) is 10.2 Å². The van der Waals surface area contributed by atoms with Gasteiger partial charge in [0.2, 0.25) is 0 Å². The molecule has 1 aromatic rings. The fraction of sp³-hybridized carbons (Fsp3) is 0.500. The zero-order valence-electron chi connectivity index (χ0n) is 10.7. The fourth-order valence-electron chi connectivity index (χ4n) is 1.39. The van der Waals surface area contributed by atoms with Gasteiger partial charge in [-0.2, -0.15) is 0 Å². The smallest absolute Gasteiger partial charge is 0.325 e. The number of carboxylic acids is 1. The average Bonchev–Trinajstić information content (AvgIpc) is 2.77. The maximum absolute atomic E-state index is 12.0. The first-order valence-corrected chi connectivity index (χ1v) is 6.62. The SMILES string of the molecule is CC(C)N(Cc1cccs1)C(=O)N[C@H](C)C(=O)O. The number of hydrogen-bond donors (Lipinski definition) is 2. The third-order valence-corrected chi connectivity index (χ3v) is 3.36. The average molecular weight is 270 g/mol. The number of hydrogen-bond acceptors (Lipinski definition) is 3. The van der Waals surface area contributed by atoms with E-state index < -0.39 is 12.0 Å². The predicted octanol–water partition coefficient (Wildman–Crippen LogP) is 2.14. The molecule has 0 aromatic carbocycles. The first-order valence-electron chi connectivity index (χ1n) is 5.74.